The summed E-state index contributed by atoms with van der Waals surface area (Å²) in [5.41, 5.74) is 1.19. The summed E-state index contributed by atoms with van der Waals surface area (Å²) in [6, 6.07) is 13.7. The molecule has 3 aromatic rings. The number of benzene rings is 2. The Hall–Kier alpha value is -3.23. The minimum Gasteiger partial charge on any atom is -0.507 e. The molecule has 0 spiro atoms. The first-order chi connectivity index (χ1) is 16.4. The minimum absolute atomic E-state index is 0.131. The van der Waals surface area contributed by atoms with E-state index in [1.54, 1.807) is 55.0 Å². The summed E-state index contributed by atoms with van der Waals surface area (Å²) in [6.07, 6.45) is 0. The number of ether oxygens (including phenoxy) is 1. The average Bonchev–Trinajstić information content (AvgIpc) is 2.83. The number of aryl methyl sites for hydroxylation is 1. The number of hydrogen-bond donors (Lipinski definition) is 1. The van der Waals surface area contributed by atoms with Gasteiger partial charge in [-0.15, -0.1) is 0 Å². The number of anilines is 1. The molecule has 1 atom stereocenters. The summed E-state index contributed by atoms with van der Waals surface area (Å²) in [5.74, 6) is -0.911. The lowest BCUT2D eigenvalue weighted by Crippen LogP contribution is -2.49. The van der Waals surface area contributed by atoms with Crippen LogP contribution >= 0.6 is 0 Å². The lowest BCUT2D eigenvalue weighted by Gasteiger charge is -2.40. The standard InChI is InChI=1S/C26H29F2N3O3/c1-18-17-23(32)24(26(33)31(18)15-16-34-2)25(19-7-3-4-8-20(19)27)30-13-11-29(12-14-30)22-10-6-5-9-21(22)28/h3-10,17,25,32H,11-16H2,1-2H3. The van der Waals surface area contributed by atoms with Crippen LogP contribution in [0, 0.1) is 18.6 Å². The smallest absolute Gasteiger partial charge is 0.259 e. The van der Waals surface area contributed by atoms with E-state index in [9.17, 15) is 14.3 Å². The molecule has 0 radical (unpaired) electrons. The van der Waals surface area contributed by atoms with Crippen LogP contribution in [-0.2, 0) is 11.3 Å². The van der Waals surface area contributed by atoms with Gasteiger partial charge in [0, 0.05) is 51.1 Å². The fourth-order valence-electron chi connectivity index (χ4n) is 4.65. The van der Waals surface area contributed by atoms with Crippen LogP contribution < -0.4 is 10.5 Å². The molecule has 1 saturated heterocycles. The SMILES string of the molecule is COCCn1c(C)cc(O)c(C(c2ccccc2F)N2CCN(c3ccccc3F)CC2)c1=O. The maximum atomic E-state index is 15.0. The van der Waals surface area contributed by atoms with Gasteiger partial charge < -0.3 is 19.3 Å². The average molecular weight is 470 g/mol. The Labute approximate surface area is 197 Å². The van der Waals surface area contributed by atoms with E-state index in [1.165, 1.54) is 18.2 Å². The zero-order valence-corrected chi connectivity index (χ0v) is 19.4. The molecular formula is C26H29F2N3O3. The van der Waals surface area contributed by atoms with Crippen molar-refractivity contribution < 1.29 is 18.6 Å². The van der Waals surface area contributed by atoms with E-state index in [0.29, 0.717) is 56.3 Å². The van der Waals surface area contributed by atoms with Crippen molar-refractivity contribution in [3.63, 3.8) is 0 Å². The topological polar surface area (TPSA) is 57.9 Å². The molecule has 1 aliphatic heterocycles. The zero-order chi connectivity index (χ0) is 24.2. The highest BCUT2D eigenvalue weighted by molar-refractivity contribution is 5.48. The zero-order valence-electron chi connectivity index (χ0n) is 19.4. The van der Waals surface area contributed by atoms with Gasteiger partial charge in [0.05, 0.1) is 23.9 Å². The van der Waals surface area contributed by atoms with Crippen LogP contribution in [0.1, 0.15) is 22.9 Å². The minimum atomic E-state index is -0.786. The molecule has 1 unspecified atom stereocenters. The third-order valence-electron chi connectivity index (χ3n) is 6.39. The summed E-state index contributed by atoms with van der Waals surface area (Å²) in [4.78, 5) is 17.5. The van der Waals surface area contributed by atoms with E-state index in [1.807, 2.05) is 9.80 Å². The number of aromatic nitrogens is 1. The van der Waals surface area contributed by atoms with Crippen molar-refractivity contribution in [2.45, 2.75) is 19.5 Å². The van der Waals surface area contributed by atoms with Crippen molar-refractivity contribution >= 4 is 5.69 Å². The number of rotatable bonds is 7. The molecule has 0 amide bonds. The Morgan fingerprint density at radius 3 is 2.29 bits per heavy atom. The van der Waals surface area contributed by atoms with Crippen LogP contribution in [0.2, 0.25) is 0 Å². The van der Waals surface area contributed by atoms with E-state index >= 15 is 4.39 Å². The van der Waals surface area contributed by atoms with Crippen molar-refractivity contribution in [3.8, 4) is 5.75 Å². The van der Waals surface area contributed by atoms with Crippen molar-refractivity contribution in [2.24, 2.45) is 0 Å². The molecule has 1 N–H and O–H groups in total. The molecule has 0 aliphatic carbocycles. The van der Waals surface area contributed by atoms with Crippen LogP contribution in [0.25, 0.3) is 0 Å². The third-order valence-corrected chi connectivity index (χ3v) is 6.39. The first kappa shape index (κ1) is 23.9. The van der Waals surface area contributed by atoms with Gasteiger partial charge in [-0.3, -0.25) is 9.69 Å². The van der Waals surface area contributed by atoms with Gasteiger partial charge in [0.2, 0.25) is 0 Å². The molecule has 34 heavy (non-hydrogen) atoms. The maximum absolute atomic E-state index is 15.0. The normalized spacial score (nSPS) is 15.5. The quantitative estimate of drug-likeness (QED) is 0.572. The molecule has 2 heterocycles. The van der Waals surface area contributed by atoms with Crippen molar-refractivity contribution in [2.75, 3.05) is 44.8 Å². The van der Waals surface area contributed by atoms with Gasteiger partial charge in [-0.2, -0.15) is 0 Å². The van der Waals surface area contributed by atoms with Gasteiger partial charge in [0.1, 0.15) is 17.4 Å². The maximum Gasteiger partial charge on any atom is 0.259 e. The Morgan fingerprint density at radius 2 is 1.65 bits per heavy atom. The summed E-state index contributed by atoms with van der Waals surface area (Å²) in [5, 5.41) is 10.9. The second-order valence-corrected chi connectivity index (χ2v) is 8.43. The number of piperazine rings is 1. The fraction of sp³-hybridized carbons (Fsp3) is 0.346. The van der Waals surface area contributed by atoms with E-state index in [2.05, 4.69) is 0 Å². The summed E-state index contributed by atoms with van der Waals surface area (Å²) < 4.78 is 36.0. The van der Waals surface area contributed by atoms with E-state index in [4.69, 9.17) is 4.74 Å². The molecule has 1 fully saturated rings. The predicted octanol–water partition coefficient (Wildman–Crippen LogP) is 3.70. The van der Waals surface area contributed by atoms with Gasteiger partial charge in [-0.1, -0.05) is 30.3 Å². The van der Waals surface area contributed by atoms with Crippen LogP contribution in [0.4, 0.5) is 14.5 Å². The predicted molar refractivity (Wildman–Crippen MR) is 127 cm³/mol. The van der Waals surface area contributed by atoms with Crippen LogP contribution in [-0.4, -0.2) is 54.5 Å². The molecular weight excluding hydrogens is 440 g/mol. The second kappa shape index (κ2) is 10.4. The Morgan fingerprint density at radius 1 is 1.00 bits per heavy atom. The number of aromatic hydroxyl groups is 1. The van der Waals surface area contributed by atoms with E-state index in [-0.39, 0.29) is 22.7 Å². The second-order valence-electron chi connectivity index (χ2n) is 8.43. The highest BCUT2D eigenvalue weighted by Gasteiger charge is 2.33. The number of methoxy groups -OCH3 is 1. The summed E-state index contributed by atoms with van der Waals surface area (Å²) in [7, 11) is 1.55. The first-order valence-electron chi connectivity index (χ1n) is 11.3. The molecule has 6 nitrogen and oxygen atoms in total. The number of hydrogen-bond acceptors (Lipinski definition) is 5. The van der Waals surface area contributed by atoms with Crippen molar-refractivity contribution in [1.82, 2.24) is 9.47 Å². The van der Waals surface area contributed by atoms with Gasteiger partial charge in [-0.25, -0.2) is 8.78 Å². The van der Waals surface area contributed by atoms with Gasteiger partial charge in [0.25, 0.3) is 5.56 Å². The van der Waals surface area contributed by atoms with Crippen molar-refractivity contribution in [3.05, 3.63) is 93.4 Å². The molecule has 180 valence electrons. The Kier molecular flexibility index (Phi) is 7.29. The molecule has 0 bridgehead atoms. The van der Waals surface area contributed by atoms with Gasteiger partial charge >= 0.3 is 0 Å². The van der Waals surface area contributed by atoms with Gasteiger partial charge in [0.15, 0.2) is 0 Å². The highest BCUT2D eigenvalue weighted by Crippen LogP contribution is 2.35. The van der Waals surface area contributed by atoms with E-state index < -0.39 is 11.9 Å². The molecule has 8 heteroatoms. The Bertz CT molecular complexity index is 1210. The first-order valence-corrected chi connectivity index (χ1v) is 11.3. The third kappa shape index (κ3) is 4.69. The molecule has 2 aromatic carbocycles. The number of pyridine rings is 1. The number of nitrogens with zero attached hydrogens (tertiary/aromatic N) is 3. The summed E-state index contributed by atoms with van der Waals surface area (Å²) in [6.45, 7) is 4.30. The van der Waals surface area contributed by atoms with Crippen LogP contribution in [0.5, 0.6) is 5.75 Å². The largest absolute Gasteiger partial charge is 0.507 e. The molecule has 0 saturated carbocycles. The Balaban J connectivity index is 1.74. The van der Waals surface area contributed by atoms with E-state index in [0.717, 1.165) is 0 Å². The fourth-order valence-corrected chi connectivity index (χ4v) is 4.65. The lowest BCUT2D eigenvalue weighted by molar-refractivity contribution is 0.183. The highest BCUT2D eigenvalue weighted by atomic mass is 19.1. The number of para-hydroxylation sites is 1. The van der Waals surface area contributed by atoms with Crippen LogP contribution in [0.3, 0.4) is 0 Å². The van der Waals surface area contributed by atoms with Gasteiger partial charge in [-0.05, 0) is 31.2 Å². The molecule has 1 aromatic heterocycles. The number of halogens is 2. The molecule has 1 aliphatic rings. The molecule has 4 rings (SSSR count). The van der Waals surface area contributed by atoms with Crippen molar-refractivity contribution in [1.29, 1.82) is 0 Å². The monoisotopic (exact) mass is 469 g/mol. The van der Waals surface area contributed by atoms with Crippen LogP contribution in [0.15, 0.2) is 59.4 Å². The summed E-state index contributed by atoms with van der Waals surface area (Å²) >= 11 is 0. The lowest BCUT2D eigenvalue weighted by atomic mass is 9.95.